The van der Waals surface area contributed by atoms with Gasteiger partial charge in [-0.05, 0) is 12.1 Å². The third-order valence-corrected chi connectivity index (χ3v) is 3.69. The molecule has 0 bridgehead atoms. The molecule has 1 unspecified atom stereocenters. The van der Waals surface area contributed by atoms with Crippen molar-refractivity contribution in [3.8, 4) is 0 Å². The van der Waals surface area contributed by atoms with Crippen LogP contribution in [0.25, 0.3) is 0 Å². The maximum Gasteiger partial charge on any atom is 0.237 e. The van der Waals surface area contributed by atoms with E-state index in [1.807, 2.05) is 35.2 Å². The Bertz CT molecular complexity index is 342. The third-order valence-electron chi connectivity index (χ3n) is 2.46. The fraction of sp³-hybridized carbons (Fsp3) is 0.364. The number of amides is 1. The zero-order chi connectivity index (χ0) is 10.7. The number of nitrogens with two attached hydrogens (primary N) is 1. The summed E-state index contributed by atoms with van der Waals surface area (Å²) in [4.78, 5) is 13.5. The molecule has 1 heterocycles. The van der Waals surface area contributed by atoms with Crippen LogP contribution in [0.4, 0.5) is 5.69 Å². The number of benzene rings is 1. The second kappa shape index (κ2) is 4.68. The Morgan fingerprint density at radius 3 is 2.80 bits per heavy atom. The molecule has 2 N–H and O–H groups in total. The van der Waals surface area contributed by atoms with E-state index >= 15 is 0 Å². The summed E-state index contributed by atoms with van der Waals surface area (Å²) in [6.45, 7) is 1.35. The lowest BCUT2D eigenvalue weighted by molar-refractivity contribution is -0.116. The molecule has 0 spiro atoms. The molecule has 1 aromatic rings. The van der Waals surface area contributed by atoms with Crippen LogP contribution in [0.3, 0.4) is 0 Å². The Labute approximate surface area is 93.6 Å². The van der Waals surface area contributed by atoms with E-state index in [4.69, 9.17) is 5.73 Å². The minimum absolute atomic E-state index is 0.177. The van der Waals surface area contributed by atoms with Crippen molar-refractivity contribution in [1.29, 1.82) is 0 Å². The summed E-state index contributed by atoms with van der Waals surface area (Å²) < 4.78 is 0. The number of carbonyl (C=O) groups excluding carboxylic acids is 1. The molecule has 2 rings (SSSR count). The minimum atomic E-state index is 0.177. The summed E-state index contributed by atoms with van der Waals surface area (Å²) in [7, 11) is 0. The highest BCUT2D eigenvalue weighted by atomic mass is 32.2. The van der Waals surface area contributed by atoms with Crippen molar-refractivity contribution in [2.45, 2.75) is 5.25 Å². The maximum atomic E-state index is 11.7. The first-order chi connectivity index (χ1) is 7.31. The summed E-state index contributed by atoms with van der Waals surface area (Å²) in [5, 5.41) is 0.364. The molecule has 1 aromatic carbocycles. The predicted molar refractivity (Wildman–Crippen MR) is 64.1 cm³/mol. The summed E-state index contributed by atoms with van der Waals surface area (Å²) >= 11 is 1.65. The molecular weight excluding hydrogens is 208 g/mol. The SMILES string of the molecule is NCC1CN(c2ccccc2)C(=O)CS1. The Kier molecular flexibility index (Phi) is 3.28. The maximum absolute atomic E-state index is 11.7. The van der Waals surface area contributed by atoms with Crippen molar-refractivity contribution in [2.24, 2.45) is 5.73 Å². The lowest BCUT2D eigenvalue weighted by atomic mass is 10.2. The van der Waals surface area contributed by atoms with Crippen LogP contribution in [0.2, 0.25) is 0 Å². The Balaban J connectivity index is 2.16. The van der Waals surface area contributed by atoms with Gasteiger partial charge < -0.3 is 10.6 Å². The molecule has 4 heteroatoms. The molecule has 0 aliphatic carbocycles. The quantitative estimate of drug-likeness (QED) is 0.815. The van der Waals surface area contributed by atoms with E-state index in [9.17, 15) is 4.79 Å². The summed E-state index contributed by atoms with van der Waals surface area (Å²) in [5.74, 6) is 0.715. The number of nitrogens with zero attached hydrogens (tertiary/aromatic N) is 1. The molecule has 1 atom stereocenters. The van der Waals surface area contributed by atoms with Gasteiger partial charge in [0, 0.05) is 24.0 Å². The van der Waals surface area contributed by atoms with Crippen LogP contribution in [-0.4, -0.2) is 30.0 Å². The third kappa shape index (κ3) is 2.33. The first-order valence-electron chi connectivity index (χ1n) is 4.98. The van der Waals surface area contributed by atoms with E-state index in [0.717, 1.165) is 12.2 Å². The lowest BCUT2D eigenvalue weighted by Crippen LogP contribution is -2.44. The zero-order valence-electron chi connectivity index (χ0n) is 8.43. The van der Waals surface area contributed by atoms with Crippen molar-refractivity contribution in [2.75, 3.05) is 23.7 Å². The van der Waals surface area contributed by atoms with Gasteiger partial charge in [-0.2, -0.15) is 0 Å². The van der Waals surface area contributed by atoms with E-state index in [-0.39, 0.29) is 5.91 Å². The Hall–Kier alpha value is -1.000. The van der Waals surface area contributed by atoms with E-state index in [2.05, 4.69) is 0 Å². The van der Waals surface area contributed by atoms with Crippen LogP contribution in [0.5, 0.6) is 0 Å². The summed E-state index contributed by atoms with van der Waals surface area (Å²) in [5.41, 5.74) is 6.60. The number of anilines is 1. The number of rotatable bonds is 2. The molecule has 1 saturated heterocycles. The van der Waals surface area contributed by atoms with Crippen LogP contribution in [0.15, 0.2) is 30.3 Å². The van der Waals surface area contributed by atoms with Gasteiger partial charge in [-0.15, -0.1) is 11.8 Å². The fourth-order valence-corrected chi connectivity index (χ4v) is 2.55. The Morgan fingerprint density at radius 1 is 1.40 bits per heavy atom. The molecule has 0 aromatic heterocycles. The average molecular weight is 222 g/mol. The minimum Gasteiger partial charge on any atom is -0.329 e. The first-order valence-corrected chi connectivity index (χ1v) is 6.03. The van der Waals surface area contributed by atoms with E-state index in [0.29, 0.717) is 17.5 Å². The Morgan fingerprint density at radius 2 is 2.13 bits per heavy atom. The lowest BCUT2D eigenvalue weighted by Gasteiger charge is -2.31. The smallest absolute Gasteiger partial charge is 0.237 e. The zero-order valence-corrected chi connectivity index (χ0v) is 9.24. The van der Waals surface area contributed by atoms with E-state index < -0.39 is 0 Å². The number of carbonyl (C=O) groups is 1. The van der Waals surface area contributed by atoms with Gasteiger partial charge >= 0.3 is 0 Å². The molecule has 1 fully saturated rings. The van der Waals surface area contributed by atoms with Gasteiger partial charge in [0.1, 0.15) is 0 Å². The van der Waals surface area contributed by atoms with Crippen molar-refractivity contribution < 1.29 is 4.79 Å². The molecule has 80 valence electrons. The van der Waals surface area contributed by atoms with Crippen molar-refractivity contribution in [3.05, 3.63) is 30.3 Å². The van der Waals surface area contributed by atoms with Crippen molar-refractivity contribution in [3.63, 3.8) is 0 Å². The predicted octanol–water partition coefficient (Wildman–Crippen LogP) is 1.09. The van der Waals surface area contributed by atoms with Gasteiger partial charge in [0.15, 0.2) is 0 Å². The van der Waals surface area contributed by atoms with Gasteiger partial charge in [0.2, 0.25) is 5.91 Å². The van der Waals surface area contributed by atoms with Gasteiger partial charge in [-0.25, -0.2) is 0 Å². The van der Waals surface area contributed by atoms with E-state index in [1.54, 1.807) is 11.8 Å². The number of thioether (sulfide) groups is 1. The summed E-state index contributed by atoms with van der Waals surface area (Å²) in [6.07, 6.45) is 0. The average Bonchev–Trinajstić information content (AvgIpc) is 2.31. The van der Waals surface area contributed by atoms with Crippen molar-refractivity contribution in [1.82, 2.24) is 0 Å². The second-order valence-corrected chi connectivity index (χ2v) is 4.80. The number of hydrogen-bond donors (Lipinski definition) is 1. The molecule has 0 saturated carbocycles. The highest BCUT2D eigenvalue weighted by molar-refractivity contribution is 8.00. The van der Waals surface area contributed by atoms with Crippen LogP contribution in [0.1, 0.15) is 0 Å². The second-order valence-electron chi connectivity index (χ2n) is 3.51. The molecule has 3 nitrogen and oxygen atoms in total. The standard InChI is InChI=1S/C11H14N2OS/c12-6-10-7-13(11(14)8-15-10)9-4-2-1-3-5-9/h1-5,10H,6-8,12H2. The van der Waals surface area contributed by atoms with Crippen LogP contribution >= 0.6 is 11.8 Å². The molecule has 1 amide bonds. The monoisotopic (exact) mass is 222 g/mol. The van der Waals surface area contributed by atoms with Crippen LogP contribution < -0.4 is 10.6 Å². The van der Waals surface area contributed by atoms with Crippen LogP contribution in [0, 0.1) is 0 Å². The molecule has 0 radical (unpaired) electrons. The van der Waals surface area contributed by atoms with Gasteiger partial charge in [-0.1, -0.05) is 18.2 Å². The normalized spacial score (nSPS) is 21.8. The fourth-order valence-electron chi connectivity index (χ4n) is 1.63. The van der Waals surface area contributed by atoms with E-state index in [1.165, 1.54) is 0 Å². The van der Waals surface area contributed by atoms with Gasteiger partial charge in [0.05, 0.1) is 5.75 Å². The number of hydrogen-bond acceptors (Lipinski definition) is 3. The molecule has 1 aliphatic rings. The first kappa shape index (κ1) is 10.5. The topological polar surface area (TPSA) is 46.3 Å². The number of para-hydroxylation sites is 1. The van der Waals surface area contributed by atoms with Gasteiger partial charge in [0.25, 0.3) is 0 Å². The van der Waals surface area contributed by atoms with Crippen molar-refractivity contribution >= 4 is 23.4 Å². The highest BCUT2D eigenvalue weighted by Crippen LogP contribution is 2.23. The highest BCUT2D eigenvalue weighted by Gasteiger charge is 2.25. The molecule has 15 heavy (non-hydrogen) atoms. The van der Waals surface area contributed by atoms with Gasteiger partial charge in [-0.3, -0.25) is 4.79 Å². The molecular formula is C11H14N2OS. The van der Waals surface area contributed by atoms with Crippen LogP contribution in [-0.2, 0) is 4.79 Å². The molecule has 1 aliphatic heterocycles. The summed E-state index contributed by atoms with van der Waals surface area (Å²) in [6, 6.07) is 9.76. The largest absolute Gasteiger partial charge is 0.329 e.